The van der Waals surface area contributed by atoms with E-state index in [9.17, 15) is 9.59 Å². The molecule has 0 bridgehead atoms. The van der Waals surface area contributed by atoms with Crippen molar-refractivity contribution >= 4 is 23.6 Å². The zero-order valence-electron chi connectivity index (χ0n) is 9.62. The van der Waals surface area contributed by atoms with Gasteiger partial charge in [-0.05, 0) is 13.8 Å². The Morgan fingerprint density at radius 1 is 1.62 bits per heavy atom. The third-order valence-electron chi connectivity index (χ3n) is 2.24. The first-order chi connectivity index (χ1) is 7.65. The van der Waals surface area contributed by atoms with Gasteiger partial charge >= 0.3 is 5.97 Å². The van der Waals surface area contributed by atoms with Crippen LogP contribution in [-0.2, 0) is 14.3 Å². The summed E-state index contributed by atoms with van der Waals surface area (Å²) in [6, 6.07) is -0.781. The lowest BCUT2D eigenvalue weighted by Gasteiger charge is -2.23. The van der Waals surface area contributed by atoms with Crippen molar-refractivity contribution in [3.63, 3.8) is 0 Å². The van der Waals surface area contributed by atoms with E-state index in [1.807, 2.05) is 0 Å². The summed E-state index contributed by atoms with van der Waals surface area (Å²) < 4.78 is 4.81. The summed E-state index contributed by atoms with van der Waals surface area (Å²) in [6.45, 7) is 4.53. The predicted molar refractivity (Wildman–Crippen MR) is 63.4 cm³/mol. The minimum absolute atomic E-state index is 0.132. The molecule has 92 valence electrons. The van der Waals surface area contributed by atoms with Crippen LogP contribution < -0.4 is 10.6 Å². The molecule has 0 saturated carbocycles. The smallest absolute Gasteiger partial charge is 0.328 e. The van der Waals surface area contributed by atoms with Crippen LogP contribution in [0.5, 0.6) is 0 Å². The second-order valence-electron chi connectivity index (χ2n) is 3.56. The van der Waals surface area contributed by atoms with Crippen LogP contribution in [0.2, 0.25) is 0 Å². The van der Waals surface area contributed by atoms with E-state index < -0.39 is 6.04 Å². The van der Waals surface area contributed by atoms with Crippen molar-refractivity contribution < 1.29 is 14.3 Å². The van der Waals surface area contributed by atoms with Gasteiger partial charge in [0.25, 0.3) is 0 Å². The molecule has 0 aromatic rings. The first-order valence-corrected chi connectivity index (χ1v) is 6.58. The maximum atomic E-state index is 11.7. The standard InChI is InChI=1S/C10H18N2O3S/c1-3-15-10(14)7(2)12-9(13)8-6-16-5-4-11-8/h7-8,11H,3-6H2,1-2H3,(H,12,13). The fourth-order valence-electron chi connectivity index (χ4n) is 1.37. The zero-order valence-corrected chi connectivity index (χ0v) is 10.4. The van der Waals surface area contributed by atoms with Crippen molar-refractivity contribution in [3.05, 3.63) is 0 Å². The van der Waals surface area contributed by atoms with Crippen LogP contribution in [0.4, 0.5) is 0 Å². The number of hydrogen-bond acceptors (Lipinski definition) is 5. The second kappa shape index (κ2) is 6.75. The van der Waals surface area contributed by atoms with Gasteiger partial charge in [-0.25, -0.2) is 4.79 Å². The van der Waals surface area contributed by atoms with Gasteiger partial charge in [0.15, 0.2) is 0 Å². The highest BCUT2D eigenvalue weighted by molar-refractivity contribution is 7.99. The molecule has 0 radical (unpaired) electrons. The first-order valence-electron chi connectivity index (χ1n) is 5.43. The molecular formula is C10H18N2O3S. The van der Waals surface area contributed by atoms with Gasteiger partial charge in [-0.3, -0.25) is 4.79 Å². The van der Waals surface area contributed by atoms with Gasteiger partial charge in [0.1, 0.15) is 6.04 Å². The molecule has 2 N–H and O–H groups in total. The lowest BCUT2D eigenvalue weighted by molar-refractivity contribution is -0.147. The Bertz CT molecular complexity index is 254. The molecule has 2 unspecified atom stereocenters. The van der Waals surface area contributed by atoms with Crippen LogP contribution in [0.25, 0.3) is 0 Å². The van der Waals surface area contributed by atoms with Crippen LogP contribution in [0.3, 0.4) is 0 Å². The summed E-state index contributed by atoms with van der Waals surface area (Å²) in [4.78, 5) is 23.0. The number of hydrogen-bond donors (Lipinski definition) is 2. The van der Waals surface area contributed by atoms with Gasteiger partial charge in [-0.1, -0.05) is 0 Å². The molecule has 0 aromatic heterocycles. The van der Waals surface area contributed by atoms with Crippen molar-refractivity contribution in [2.75, 3.05) is 24.7 Å². The van der Waals surface area contributed by atoms with Crippen molar-refractivity contribution in [2.45, 2.75) is 25.9 Å². The molecule has 1 amide bonds. The largest absolute Gasteiger partial charge is 0.464 e. The average molecular weight is 246 g/mol. The van der Waals surface area contributed by atoms with E-state index in [1.54, 1.807) is 25.6 Å². The van der Waals surface area contributed by atoms with Crippen LogP contribution in [-0.4, -0.2) is 48.6 Å². The SMILES string of the molecule is CCOC(=O)C(C)NC(=O)C1CSCCN1. The number of ether oxygens (including phenoxy) is 1. The molecule has 6 heteroatoms. The minimum atomic E-state index is -0.582. The highest BCUT2D eigenvalue weighted by Gasteiger charge is 2.24. The number of thioether (sulfide) groups is 1. The van der Waals surface area contributed by atoms with E-state index in [2.05, 4.69) is 10.6 Å². The number of carbonyl (C=O) groups is 2. The Morgan fingerprint density at radius 2 is 2.38 bits per heavy atom. The number of carbonyl (C=O) groups excluding carboxylic acids is 2. The highest BCUT2D eigenvalue weighted by Crippen LogP contribution is 2.07. The summed E-state index contributed by atoms with van der Waals surface area (Å²) in [5.74, 6) is 1.26. The molecule has 2 atom stereocenters. The monoisotopic (exact) mass is 246 g/mol. The average Bonchev–Trinajstić information content (AvgIpc) is 2.30. The molecule has 1 rings (SSSR count). The number of rotatable bonds is 4. The van der Waals surface area contributed by atoms with Gasteiger partial charge in [0.2, 0.25) is 5.91 Å². The molecular weight excluding hydrogens is 228 g/mol. The van der Waals surface area contributed by atoms with Crippen molar-refractivity contribution in [1.29, 1.82) is 0 Å². The molecule has 1 fully saturated rings. The Labute approximate surface area is 99.7 Å². The van der Waals surface area contributed by atoms with E-state index in [1.165, 1.54) is 0 Å². The van der Waals surface area contributed by atoms with E-state index in [-0.39, 0.29) is 17.9 Å². The van der Waals surface area contributed by atoms with Gasteiger partial charge in [0, 0.05) is 18.1 Å². The summed E-state index contributed by atoms with van der Waals surface area (Å²) >= 11 is 1.74. The lowest BCUT2D eigenvalue weighted by Crippen LogP contribution is -2.52. The van der Waals surface area contributed by atoms with E-state index >= 15 is 0 Å². The fourth-order valence-corrected chi connectivity index (χ4v) is 2.31. The van der Waals surface area contributed by atoms with E-state index in [0.717, 1.165) is 18.1 Å². The maximum Gasteiger partial charge on any atom is 0.328 e. The maximum absolute atomic E-state index is 11.7. The van der Waals surface area contributed by atoms with Crippen molar-refractivity contribution in [1.82, 2.24) is 10.6 Å². The van der Waals surface area contributed by atoms with Crippen molar-refractivity contribution in [3.8, 4) is 0 Å². The molecule has 5 nitrogen and oxygen atoms in total. The molecule has 1 aliphatic heterocycles. The summed E-state index contributed by atoms with van der Waals surface area (Å²) in [5, 5.41) is 5.76. The van der Waals surface area contributed by atoms with E-state index in [0.29, 0.717) is 6.61 Å². The van der Waals surface area contributed by atoms with Crippen LogP contribution in [0, 0.1) is 0 Å². The minimum Gasteiger partial charge on any atom is -0.464 e. The fraction of sp³-hybridized carbons (Fsp3) is 0.800. The Kier molecular flexibility index (Phi) is 5.62. The third-order valence-corrected chi connectivity index (χ3v) is 3.30. The van der Waals surface area contributed by atoms with Crippen LogP contribution in [0.15, 0.2) is 0 Å². The molecule has 1 heterocycles. The highest BCUT2D eigenvalue weighted by atomic mass is 32.2. The predicted octanol–water partition coefficient (Wildman–Crippen LogP) is -0.241. The summed E-state index contributed by atoms with van der Waals surface area (Å²) in [7, 11) is 0. The topological polar surface area (TPSA) is 67.4 Å². The third kappa shape index (κ3) is 4.02. The Hall–Kier alpha value is -0.750. The van der Waals surface area contributed by atoms with Gasteiger partial charge < -0.3 is 15.4 Å². The second-order valence-corrected chi connectivity index (χ2v) is 4.71. The van der Waals surface area contributed by atoms with Crippen LogP contribution in [0.1, 0.15) is 13.8 Å². The molecule has 16 heavy (non-hydrogen) atoms. The number of esters is 1. The molecule has 1 aliphatic rings. The number of amides is 1. The molecule has 0 aliphatic carbocycles. The Morgan fingerprint density at radius 3 is 2.94 bits per heavy atom. The summed E-state index contributed by atoms with van der Waals surface area (Å²) in [6.07, 6.45) is 0. The Balaban J connectivity index is 2.34. The zero-order chi connectivity index (χ0) is 12.0. The molecule has 0 spiro atoms. The molecule has 0 aromatic carbocycles. The quantitative estimate of drug-likeness (QED) is 0.670. The van der Waals surface area contributed by atoms with E-state index in [4.69, 9.17) is 4.74 Å². The summed E-state index contributed by atoms with van der Waals surface area (Å²) in [5.41, 5.74) is 0. The van der Waals surface area contributed by atoms with Gasteiger partial charge in [0.05, 0.1) is 12.6 Å². The normalized spacial score (nSPS) is 22.2. The van der Waals surface area contributed by atoms with Gasteiger partial charge in [-0.2, -0.15) is 11.8 Å². The van der Waals surface area contributed by atoms with Crippen LogP contribution >= 0.6 is 11.8 Å². The first kappa shape index (κ1) is 13.3. The lowest BCUT2D eigenvalue weighted by atomic mass is 10.2. The van der Waals surface area contributed by atoms with Crippen molar-refractivity contribution in [2.24, 2.45) is 0 Å². The number of nitrogens with one attached hydrogen (secondary N) is 2. The van der Waals surface area contributed by atoms with Gasteiger partial charge in [-0.15, -0.1) is 0 Å². The molecule has 1 saturated heterocycles.